The zero-order valence-corrected chi connectivity index (χ0v) is 16.6. The van der Waals surface area contributed by atoms with Gasteiger partial charge in [0.2, 0.25) is 5.91 Å². The zero-order valence-electron chi connectivity index (χ0n) is 16.6. The summed E-state index contributed by atoms with van der Waals surface area (Å²) in [5.74, 6) is -0.295. The Kier molecular flexibility index (Phi) is 6.26. The minimum Gasteiger partial charge on any atom is -0.444 e. The van der Waals surface area contributed by atoms with Crippen molar-refractivity contribution in [1.82, 2.24) is 10.6 Å². The maximum Gasteiger partial charge on any atom is 0.408 e. The van der Waals surface area contributed by atoms with Crippen LogP contribution in [-0.4, -0.2) is 23.6 Å². The second-order valence-electron chi connectivity index (χ2n) is 7.71. The van der Waals surface area contributed by atoms with Crippen molar-refractivity contribution in [2.75, 3.05) is 0 Å². The SMILES string of the molecule is CC(NC(=O)OC(C)(C)C)C(=O)NC(C)(c1ccccc1)c1ccccc1. The third kappa shape index (κ3) is 5.58. The number of benzene rings is 2. The summed E-state index contributed by atoms with van der Waals surface area (Å²) in [5, 5.41) is 5.67. The molecule has 0 radical (unpaired) electrons. The molecule has 27 heavy (non-hydrogen) atoms. The van der Waals surface area contributed by atoms with Crippen LogP contribution in [0.5, 0.6) is 0 Å². The number of carbonyl (C=O) groups is 2. The second kappa shape index (κ2) is 8.25. The van der Waals surface area contributed by atoms with E-state index in [1.165, 1.54) is 0 Å². The third-order valence-corrected chi connectivity index (χ3v) is 4.20. The molecule has 144 valence electrons. The largest absolute Gasteiger partial charge is 0.444 e. The Morgan fingerprint density at radius 3 is 1.70 bits per heavy atom. The molecule has 1 atom stereocenters. The van der Waals surface area contributed by atoms with Gasteiger partial charge in [-0.25, -0.2) is 4.79 Å². The summed E-state index contributed by atoms with van der Waals surface area (Å²) in [6.07, 6.45) is -0.619. The van der Waals surface area contributed by atoms with Gasteiger partial charge in [-0.1, -0.05) is 60.7 Å². The second-order valence-corrected chi connectivity index (χ2v) is 7.71. The van der Waals surface area contributed by atoms with Gasteiger partial charge in [-0.2, -0.15) is 0 Å². The van der Waals surface area contributed by atoms with Crippen molar-refractivity contribution < 1.29 is 14.3 Å². The number of rotatable bonds is 5. The minimum atomic E-state index is -0.744. The van der Waals surface area contributed by atoms with E-state index >= 15 is 0 Å². The van der Waals surface area contributed by atoms with Gasteiger partial charge in [-0.15, -0.1) is 0 Å². The number of hydrogen-bond donors (Lipinski definition) is 2. The lowest BCUT2D eigenvalue weighted by Gasteiger charge is -2.33. The van der Waals surface area contributed by atoms with Crippen molar-refractivity contribution in [3.63, 3.8) is 0 Å². The minimum absolute atomic E-state index is 0.295. The number of amides is 2. The lowest BCUT2D eigenvalue weighted by molar-refractivity contribution is -0.124. The van der Waals surface area contributed by atoms with Crippen LogP contribution in [0.25, 0.3) is 0 Å². The summed E-state index contributed by atoms with van der Waals surface area (Å²) in [4.78, 5) is 24.8. The van der Waals surface area contributed by atoms with Gasteiger partial charge in [0.25, 0.3) is 0 Å². The van der Waals surface area contributed by atoms with E-state index in [4.69, 9.17) is 4.74 Å². The maximum absolute atomic E-state index is 12.8. The number of carbonyl (C=O) groups excluding carboxylic acids is 2. The molecule has 5 nitrogen and oxygen atoms in total. The van der Waals surface area contributed by atoms with E-state index in [2.05, 4.69) is 10.6 Å². The van der Waals surface area contributed by atoms with Gasteiger partial charge < -0.3 is 15.4 Å². The maximum atomic E-state index is 12.8. The lowest BCUT2D eigenvalue weighted by atomic mass is 9.84. The van der Waals surface area contributed by atoms with Crippen molar-refractivity contribution >= 4 is 12.0 Å². The number of nitrogens with one attached hydrogen (secondary N) is 2. The summed E-state index contributed by atoms with van der Waals surface area (Å²) in [6, 6.07) is 18.8. The van der Waals surface area contributed by atoms with Gasteiger partial charge in [-0.05, 0) is 45.7 Å². The van der Waals surface area contributed by atoms with E-state index in [-0.39, 0.29) is 5.91 Å². The first-order chi connectivity index (χ1) is 12.6. The van der Waals surface area contributed by atoms with Crippen LogP contribution in [0.1, 0.15) is 45.7 Å². The van der Waals surface area contributed by atoms with Gasteiger partial charge in [0, 0.05) is 0 Å². The van der Waals surface area contributed by atoms with E-state index in [0.717, 1.165) is 11.1 Å². The first kappa shape index (κ1) is 20.5. The molecule has 0 aliphatic rings. The molecule has 2 aromatic rings. The van der Waals surface area contributed by atoms with Crippen molar-refractivity contribution in [2.24, 2.45) is 0 Å². The average molecular weight is 368 g/mol. The molecule has 0 saturated heterocycles. The van der Waals surface area contributed by atoms with E-state index in [0.29, 0.717) is 0 Å². The number of hydrogen-bond acceptors (Lipinski definition) is 3. The van der Waals surface area contributed by atoms with Crippen molar-refractivity contribution in [3.8, 4) is 0 Å². The highest BCUT2D eigenvalue weighted by molar-refractivity contribution is 5.86. The van der Waals surface area contributed by atoms with Crippen molar-refractivity contribution in [3.05, 3.63) is 71.8 Å². The highest BCUT2D eigenvalue weighted by atomic mass is 16.6. The first-order valence-corrected chi connectivity index (χ1v) is 9.04. The third-order valence-electron chi connectivity index (χ3n) is 4.20. The molecule has 5 heteroatoms. The first-order valence-electron chi connectivity index (χ1n) is 9.04. The molecular formula is C22H28N2O3. The molecule has 0 heterocycles. The molecule has 2 amide bonds. The Morgan fingerprint density at radius 2 is 1.30 bits per heavy atom. The number of alkyl carbamates (subject to hydrolysis) is 1. The molecule has 0 aromatic heterocycles. The molecule has 0 fully saturated rings. The van der Waals surface area contributed by atoms with Crippen LogP contribution in [0.4, 0.5) is 4.79 Å². The molecule has 0 aliphatic heterocycles. The summed E-state index contributed by atoms with van der Waals surface area (Å²) < 4.78 is 5.23. The van der Waals surface area contributed by atoms with E-state index in [1.807, 2.05) is 67.6 Å². The highest BCUT2D eigenvalue weighted by Gasteiger charge is 2.32. The topological polar surface area (TPSA) is 67.4 Å². The molecule has 0 saturated carbocycles. The van der Waals surface area contributed by atoms with Gasteiger partial charge in [0.05, 0.1) is 5.54 Å². The van der Waals surface area contributed by atoms with Crippen LogP contribution in [0.3, 0.4) is 0 Å². The van der Waals surface area contributed by atoms with Crippen LogP contribution in [-0.2, 0) is 15.1 Å². The van der Waals surface area contributed by atoms with Crippen LogP contribution < -0.4 is 10.6 Å². The fourth-order valence-electron chi connectivity index (χ4n) is 2.76. The standard InChI is InChI=1S/C22H28N2O3/c1-16(23-20(26)27-21(2,3)4)19(25)24-22(5,17-12-8-6-9-13-17)18-14-10-7-11-15-18/h6-16H,1-5H3,(H,23,26)(H,24,25). The Bertz CT molecular complexity index is 728. The van der Waals surface area contributed by atoms with Crippen LogP contribution in [0.15, 0.2) is 60.7 Å². The fraction of sp³-hybridized carbons (Fsp3) is 0.364. The number of ether oxygens (including phenoxy) is 1. The zero-order chi connectivity index (χ0) is 20.1. The lowest BCUT2D eigenvalue weighted by Crippen LogP contribution is -2.52. The van der Waals surface area contributed by atoms with Crippen LogP contribution in [0, 0.1) is 0 Å². The normalized spacial score (nSPS) is 12.8. The molecular weight excluding hydrogens is 340 g/mol. The average Bonchev–Trinajstić information content (AvgIpc) is 2.61. The molecule has 2 rings (SSSR count). The molecule has 1 unspecified atom stereocenters. The van der Waals surface area contributed by atoms with Gasteiger partial charge in [0.1, 0.15) is 11.6 Å². The molecule has 0 aliphatic carbocycles. The smallest absolute Gasteiger partial charge is 0.408 e. The van der Waals surface area contributed by atoms with E-state index in [9.17, 15) is 9.59 Å². The van der Waals surface area contributed by atoms with Crippen molar-refractivity contribution in [2.45, 2.75) is 51.8 Å². The molecule has 0 spiro atoms. The van der Waals surface area contributed by atoms with Crippen molar-refractivity contribution in [1.29, 1.82) is 0 Å². The summed E-state index contributed by atoms with van der Waals surface area (Å²) in [6.45, 7) is 8.92. The molecule has 2 N–H and O–H groups in total. The summed E-state index contributed by atoms with van der Waals surface area (Å²) in [7, 11) is 0. The van der Waals surface area contributed by atoms with Gasteiger partial charge in [-0.3, -0.25) is 4.79 Å². The van der Waals surface area contributed by atoms with Gasteiger partial charge >= 0.3 is 6.09 Å². The Labute approximate surface area is 161 Å². The summed E-state index contributed by atoms with van der Waals surface area (Å²) in [5.41, 5.74) is 0.551. The monoisotopic (exact) mass is 368 g/mol. The van der Waals surface area contributed by atoms with Gasteiger partial charge in [0.15, 0.2) is 0 Å². The molecule has 2 aromatic carbocycles. The van der Waals surface area contributed by atoms with Crippen LogP contribution in [0.2, 0.25) is 0 Å². The predicted molar refractivity (Wildman–Crippen MR) is 106 cm³/mol. The molecule has 0 bridgehead atoms. The van der Waals surface area contributed by atoms with E-state index < -0.39 is 23.3 Å². The summed E-state index contributed by atoms with van der Waals surface area (Å²) >= 11 is 0. The quantitative estimate of drug-likeness (QED) is 0.839. The highest BCUT2D eigenvalue weighted by Crippen LogP contribution is 2.29. The van der Waals surface area contributed by atoms with E-state index in [1.54, 1.807) is 27.7 Å². The predicted octanol–water partition coefficient (Wildman–Crippen LogP) is 3.98. The Hall–Kier alpha value is -2.82. The fourth-order valence-corrected chi connectivity index (χ4v) is 2.76. The van der Waals surface area contributed by atoms with Crippen LogP contribution >= 0.6 is 0 Å². The Balaban J connectivity index is 2.21. The Morgan fingerprint density at radius 1 is 0.852 bits per heavy atom.